The second-order valence-corrected chi connectivity index (χ2v) is 9.59. The maximum atomic E-state index is 15.3. The summed E-state index contributed by atoms with van der Waals surface area (Å²) in [5, 5.41) is 16.3. The summed E-state index contributed by atoms with van der Waals surface area (Å²) in [6, 6.07) is 6.54. The van der Waals surface area contributed by atoms with Crippen molar-refractivity contribution in [1.82, 2.24) is 20.1 Å². The zero-order valence-corrected chi connectivity index (χ0v) is 20.0. The number of unbranched alkanes of at least 4 members (excludes halogenated alkanes) is 1. The third-order valence-corrected chi connectivity index (χ3v) is 6.62. The lowest BCUT2D eigenvalue weighted by Crippen LogP contribution is -2.51. The molecule has 1 saturated carbocycles. The lowest BCUT2D eigenvalue weighted by atomic mass is 9.80. The van der Waals surface area contributed by atoms with Crippen LogP contribution in [-0.2, 0) is 21.7 Å². The zero-order valence-electron chi connectivity index (χ0n) is 20.0. The van der Waals surface area contributed by atoms with E-state index in [0.29, 0.717) is 35.1 Å². The highest BCUT2D eigenvalue weighted by atomic mass is 19.1. The van der Waals surface area contributed by atoms with Crippen LogP contribution in [0.4, 0.5) is 4.39 Å². The van der Waals surface area contributed by atoms with Crippen LogP contribution in [0.3, 0.4) is 0 Å². The molecular formula is C25H29FN6O3. The number of amides is 2. The van der Waals surface area contributed by atoms with Gasteiger partial charge in [-0.05, 0) is 44.2 Å². The maximum absolute atomic E-state index is 15.3. The topological polar surface area (TPSA) is 101 Å². The Morgan fingerprint density at radius 2 is 2.09 bits per heavy atom. The Kier molecular flexibility index (Phi) is 6.12. The Balaban J connectivity index is 1.50. The van der Waals surface area contributed by atoms with Crippen LogP contribution in [0.25, 0.3) is 5.57 Å². The molecule has 2 aromatic rings. The van der Waals surface area contributed by atoms with Gasteiger partial charge in [0.15, 0.2) is 0 Å². The zero-order chi connectivity index (χ0) is 24.6. The van der Waals surface area contributed by atoms with Crippen molar-refractivity contribution in [3.63, 3.8) is 0 Å². The summed E-state index contributed by atoms with van der Waals surface area (Å²) >= 11 is 0. The first-order valence-electron chi connectivity index (χ1n) is 12.1. The number of carbonyl (C=O) groups excluding carboxylic acids is 2. The van der Waals surface area contributed by atoms with Crippen LogP contribution >= 0.6 is 0 Å². The third kappa shape index (κ3) is 4.69. The van der Waals surface area contributed by atoms with E-state index in [-0.39, 0.29) is 18.7 Å². The van der Waals surface area contributed by atoms with Crippen molar-refractivity contribution in [1.29, 1.82) is 0 Å². The first-order chi connectivity index (χ1) is 16.9. The monoisotopic (exact) mass is 480 g/mol. The second-order valence-electron chi connectivity index (χ2n) is 9.59. The molecule has 1 aliphatic carbocycles. The average Bonchev–Trinajstić information content (AvgIpc) is 3.33. The first-order valence-corrected chi connectivity index (χ1v) is 12.1. The molecular weight excluding hydrogens is 451 g/mol. The SMILES string of the molecule is CCCCOc1ccc(C2(C)CC(c3ccn(CC4CC4)n3)=C(N3N=NCC3=O)C(=O)N2)c(F)c1. The molecule has 2 amide bonds. The molecule has 0 bridgehead atoms. The van der Waals surface area contributed by atoms with Crippen molar-refractivity contribution >= 4 is 17.4 Å². The number of nitrogens with zero attached hydrogens (tertiary/aromatic N) is 5. The van der Waals surface area contributed by atoms with Gasteiger partial charge in [-0.1, -0.05) is 24.6 Å². The molecule has 2 aliphatic heterocycles. The number of hydrogen-bond donors (Lipinski definition) is 1. The maximum Gasteiger partial charge on any atom is 0.272 e. The molecule has 10 heteroatoms. The molecule has 0 radical (unpaired) electrons. The van der Waals surface area contributed by atoms with E-state index in [1.807, 2.05) is 16.9 Å². The third-order valence-electron chi connectivity index (χ3n) is 6.62. The molecule has 1 N–H and O–H groups in total. The van der Waals surface area contributed by atoms with E-state index < -0.39 is 23.2 Å². The van der Waals surface area contributed by atoms with Crippen molar-refractivity contribution in [3.8, 4) is 5.75 Å². The fraction of sp³-hybridized carbons (Fsp3) is 0.480. The van der Waals surface area contributed by atoms with Gasteiger partial charge in [-0.25, -0.2) is 4.39 Å². The van der Waals surface area contributed by atoms with Crippen molar-refractivity contribution in [3.05, 3.63) is 53.2 Å². The normalized spacial score (nSPS) is 22.2. The van der Waals surface area contributed by atoms with Crippen LogP contribution in [0, 0.1) is 11.7 Å². The van der Waals surface area contributed by atoms with Crippen molar-refractivity contribution in [2.75, 3.05) is 13.2 Å². The number of halogens is 1. The summed E-state index contributed by atoms with van der Waals surface area (Å²) in [5.41, 5.74) is 0.448. The van der Waals surface area contributed by atoms with Crippen molar-refractivity contribution in [2.24, 2.45) is 16.3 Å². The Morgan fingerprint density at radius 3 is 2.77 bits per heavy atom. The van der Waals surface area contributed by atoms with Crippen LogP contribution in [0.2, 0.25) is 0 Å². The van der Waals surface area contributed by atoms with Crippen LogP contribution in [0.5, 0.6) is 5.75 Å². The minimum absolute atomic E-state index is 0.0883. The number of aromatic nitrogens is 2. The van der Waals surface area contributed by atoms with Gasteiger partial charge in [0, 0.05) is 36.4 Å². The van der Waals surface area contributed by atoms with E-state index in [4.69, 9.17) is 4.74 Å². The molecule has 3 heterocycles. The molecule has 184 valence electrons. The lowest BCUT2D eigenvalue weighted by molar-refractivity contribution is -0.130. The summed E-state index contributed by atoms with van der Waals surface area (Å²) in [6.07, 6.45) is 6.33. The summed E-state index contributed by atoms with van der Waals surface area (Å²) in [7, 11) is 0. The molecule has 3 aliphatic rings. The first kappa shape index (κ1) is 23.2. The van der Waals surface area contributed by atoms with Gasteiger partial charge in [-0.3, -0.25) is 14.3 Å². The molecule has 9 nitrogen and oxygen atoms in total. The molecule has 1 aromatic carbocycles. The molecule has 0 spiro atoms. The predicted octanol–water partition coefficient (Wildman–Crippen LogP) is 3.97. The van der Waals surface area contributed by atoms with Gasteiger partial charge in [0.05, 0.1) is 17.8 Å². The summed E-state index contributed by atoms with van der Waals surface area (Å²) in [6.45, 7) is 5.03. The number of rotatable bonds is 9. The molecule has 35 heavy (non-hydrogen) atoms. The van der Waals surface area contributed by atoms with Gasteiger partial charge >= 0.3 is 0 Å². The second kappa shape index (κ2) is 9.24. The van der Waals surface area contributed by atoms with E-state index >= 15 is 4.39 Å². The highest BCUT2D eigenvalue weighted by Crippen LogP contribution is 2.41. The summed E-state index contributed by atoms with van der Waals surface area (Å²) in [4.78, 5) is 25.8. The smallest absolute Gasteiger partial charge is 0.272 e. The number of carbonyl (C=O) groups is 2. The number of ether oxygens (including phenoxy) is 1. The Hall–Kier alpha value is -3.56. The van der Waals surface area contributed by atoms with E-state index in [1.54, 1.807) is 19.1 Å². The number of nitrogens with one attached hydrogen (secondary N) is 1. The molecule has 1 atom stereocenters. The summed E-state index contributed by atoms with van der Waals surface area (Å²) < 4.78 is 22.8. The van der Waals surface area contributed by atoms with Gasteiger partial charge in [0.2, 0.25) is 0 Å². The lowest BCUT2D eigenvalue weighted by Gasteiger charge is -2.38. The molecule has 1 fully saturated rings. The number of benzene rings is 1. The van der Waals surface area contributed by atoms with E-state index in [2.05, 4.69) is 27.7 Å². The van der Waals surface area contributed by atoms with E-state index in [1.165, 1.54) is 18.9 Å². The van der Waals surface area contributed by atoms with Crippen LogP contribution < -0.4 is 10.1 Å². The van der Waals surface area contributed by atoms with Crippen LogP contribution in [-0.4, -0.2) is 39.8 Å². The van der Waals surface area contributed by atoms with Gasteiger partial charge in [-0.15, -0.1) is 0 Å². The fourth-order valence-electron chi connectivity index (χ4n) is 4.53. The predicted molar refractivity (Wildman–Crippen MR) is 125 cm³/mol. The van der Waals surface area contributed by atoms with Crippen molar-refractivity contribution < 1.29 is 18.7 Å². The minimum atomic E-state index is -1.07. The van der Waals surface area contributed by atoms with Crippen LogP contribution in [0.15, 0.2) is 46.5 Å². The molecule has 5 rings (SSSR count). The molecule has 1 unspecified atom stereocenters. The van der Waals surface area contributed by atoms with Gasteiger partial charge in [-0.2, -0.15) is 15.2 Å². The van der Waals surface area contributed by atoms with E-state index in [9.17, 15) is 9.59 Å². The largest absolute Gasteiger partial charge is 0.493 e. The van der Waals surface area contributed by atoms with Gasteiger partial charge in [0.1, 0.15) is 23.8 Å². The van der Waals surface area contributed by atoms with Gasteiger partial charge in [0.25, 0.3) is 11.8 Å². The van der Waals surface area contributed by atoms with Crippen molar-refractivity contribution in [2.45, 2.75) is 58.0 Å². The fourth-order valence-corrected chi connectivity index (χ4v) is 4.53. The Morgan fingerprint density at radius 1 is 1.26 bits per heavy atom. The quantitative estimate of drug-likeness (QED) is 0.549. The Bertz CT molecular complexity index is 1220. The average molecular weight is 481 g/mol. The van der Waals surface area contributed by atoms with E-state index in [0.717, 1.165) is 24.4 Å². The highest BCUT2D eigenvalue weighted by Gasteiger charge is 2.43. The Labute approximate surface area is 203 Å². The van der Waals surface area contributed by atoms with Gasteiger partial charge < -0.3 is 10.1 Å². The molecule has 1 aromatic heterocycles. The summed E-state index contributed by atoms with van der Waals surface area (Å²) in [5.74, 6) is -0.322. The highest BCUT2D eigenvalue weighted by molar-refractivity contribution is 6.06. The van der Waals surface area contributed by atoms with Crippen LogP contribution in [0.1, 0.15) is 57.2 Å². The minimum Gasteiger partial charge on any atom is -0.493 e. The standard InChI is InChI=1S/C25H29FN6O3/c1-3-4-11-35-17-7-8-19(20(26)12-17)25(2)13-18(21-9-10-31(29-21)15-16-5-6-16)23(24(34)28-25)32-22(33)14-27-30-32/h7-10,12,16H,3-6,11,13-15H2,1-2H3,(H,28,34). The number of hydrogen-bond acceptors (Lipinski definition) is 6. The molecule has 0 saturated heterocycles.